The van der Waals surface area contributed by atoms with E-state index in [1.54, 1.807) is 6.20 Å². The van der Waals surface area contributed by atoms with E-state index in [2.05, 4.69) is 15.6 Å². The Hall–Kier alpha value is -3.14. The minimum Gasteiger partial charge on any atom is -0.379 e. The minimum absolute atomic E-state index is 0.0157. The molecular weight excluding hydrogens is 310 g/mol. The van der Waals surface area contributed by atoms with Crippen LogP contribution in [0.15, 0.2) is 72.9 Å². The van der Waals surface area contributed by atoms with Crippen molar-refractivity contribution in [2.45, 2.75) is 19.9 Å². The molecule has 25 heavy (non-hydrogen) atoms. The van der Waals surface area contributed by atoms with Crippen LogP contribution in [0.25, 0.3) is 0 Å². The van der Waals surface area contributed by atoms with Crippen LogP contribution in [0.4, 0.5) is 11.4 Å². The van der Waals surface area contributed by atoms with Crippen molar-refractivity contribution in [2.24, 2.45) is 0 Å². The van der Waals surface area contributed by atoms with Gasteiger partial charge >= 0.3 is 0 Å². The van der Waals surface area contributed by atoms with E-state index < -0.39 is 0 Å². The fourth-order valence-corrected chi connectivity index (χ4v) is 2.46. The predicted octanol–water partition coefficient (Wildman–Crippen LogP) is 4.18. The van der Waals surface area contributed by atoms with E-state index in [4.69, 9.17) is 0 Å². The van der Waals surface area contributed by atoms with Crippen LogP contribution in [-0.4, -0.2) is 10.9 Å². The Morgan fingerprint density at radius 1 is 0.920 bits per heavy atom. The number of aryl methyl sites for hydroxylation is 1. The second kappa shape index (κ2) is 8.11. The second-order valence-corrected chi connectivity index (χ2v) is 5.96. The van der Waals surface area contributed by atoms with Crippen molar-refractivity contribution < 1.29 is 4.79 Å². The minimum atomic E-state index is -0.0157. The van der Waals surface area contributed by atoms with Crippen molar-refractivity contribution in [3.05, 3.63) is 89.7 Å². The number of pyridine rings is 1. The molecule has 2 aromatic carbocycles. The molecule has 0 unspecified atom stereocenters. The molecule has 1 heterocycles. The third kappa shape index (κ3) is 5.18. The first-order valence-corrected chi connectivity index (χ1v) is 8.28. The molecule has 3 aromatic rings. The second-order valence-electron chi connectivity index (χ2n) is 5.96. The van der Waals surface area contributed by atoms with E-state index >= 15 is 0 Å². The quantitative estimate of drug-likeness (QED) is 0.712. The zero-order valence-corrected chi connectivity index (χ0v) is 14.2. The molecule has 0 atom stereocenters. The van der Waals surface area contributed by atoms with E-state index in [0.29, 0.717) is 13.0 Å². The predicted molar refractivity (Wildman–Crippen MR) is 102 cm³/mol. The van der Waals surface area contributed by atoms with Gasteiger partial charge in [0, 0.05) is 17.6 Å². The van der Waals surface area contributed by atoms with Crippen LogP contribution in [0.2, 0.25) is 0 Å². The molecule has 0 aliphatic heterocycles. The number of aromatic nitrogens is 1. The van der Waals surface area contributed by atoms with E-state index in [-0.39, 0.29) is 5.91 Å². The summed E-state index contributed by atoms with van der Waals surface area (Å²) in [5.41, 5.74) is 4.97. The molecule has 0 radical (unpaired) electrons. The number of hydrogen-bond donors (Lipinski definition) is 2. The Balaban J connectivity index is 1.51. The van der Waals surface area contributed by atoms with Crippen LogP contribution in [-0.2, 0) is 17.8 Å². The van der Waals surface area contributed by atoms with Crippen molar-refractivity contribution in [1.82, 2.24) is 4.98 Å². The molecule has 126 valence electrons. The van der Waals surface area contributed by atoms with Crippen molar-refractivity contribution in [3.8, 4) is 0 Å². The van der Waals surface area contributed by atoms with E-state index in [9.17, 15) is 4.79 Å². The van der Waals surface area contributed by atoms with Gasteiger partial charge in [0.2, 0.25) is 5.91 Å². The lowest BCUT2D eigenvalue weighted by Gasteiger charge is -2.09. The summed E-state index contributed by atoms with van der Waals surface area (Å²) in [6.45, 7) is 2.70. The third-order valence-electron chi connectivity index (χ3n) is 3.85. The summed E-state index contributed by atoms with van der Waals surface area (Å²) in [7, 11) is 0. The highest BCUT2D eigenvalue weighted by Gasteiger charge is 2.04. The van der Waals surface area contributed by atoms with Gasteiger partial charge in [-0.15, -0.1) is 0 Å². The zero-order chi connectivity index (χ0) is 17.5. The molecule has 2 N–H and O–H groups in total. The van der Waals surface area contributed by atoms with Crippen LogP contribution in [0.5, 0.6) is 0 Å². The van der Waals surface area contributed by atoms with E-state index in [0.717, 1.165) is 22.6 Å². The van der Waals surface area contributed by atoms with Crippen molar-refractivity contribution in [2.75, 3.05) is 10.6 Å². The van der Waals surface area contributed by atoms with Crippen molar-refractivity contribution in [3.63, 3.8) is 0 Å². The number of carbonyl (C=O) groups excluding carboxylic acids is 1. The van der Waals surface area contributed by atoms with Gasteiger partial charge in [-0.25, -0.2) is 0 Å². The van der Waals surface area contributed by atoms with Gasteiger partial charge in [0.1, 0.15) is 0 Å². The molecule has 0 saturated heterocycles. The topological polar surface area (TPSA) is 54.0 Å². The molecule has 0 aliphatic carbocycles. The molecule has 4 nitrogen and oxygen atoms in total. The number of benzene rings is 2. The maximum Gasteiger partial charge on any atom is 0.228 e. The average Bonchev–Trinajstić information content (AvgIpc) is 2.64. The number of rotatable bonds is 6. The monoisotopic (exact) mass is 331 g/mol. The molecule has 1 amide bonds. The summed E-state index contributed by atoms with van der Waals surface area (Å²) in [6.07, 6.45) is 2.16. The van der Waals surface area contributed by atoms with Crippen molar-refractivity contribution >= 4 is 17.3 Å². The maximum atomic E-state index is 12.1. The molecule has 0 fully saturated rings. The number of nitrogens with one attached hydrogen (secondary N) is 2. The van der Waals surface area contributed by atoms with Gasteiger partial charge in [-0.3, -0.25) is 9.78 Å². The zero-order valence-electron chi connectivity index (χ0n) is 14.2. The molecular formula is C21H21N3O. The van der Waals surface area contributed by atoms with Crippen LogP contribution in [0.3, 0.4) is 0 Å². The van der Waals surface area contributed by atoms with Gasteiger partial charge in [-0.05, 0) is 48.9 Å². The first-order chi connectivity index (χ1) is 12.2. The van der Waals surface area contributed by atoms with Crippen LogP contribution in [0.1, 0.15) is 16.8 Å². The van der Waals surface area contributed by atoms with Gasteiger partial charge in [0.05, 0.1) is 18.7 Å². The fourth-order valence-electron chi connectivity index (χ4n) is 2.46. The lowest BCUT2D eigenvalue weighted by Crippen LogP contribution is -2.14. The molecule has 3 rings (SSSR count). The summed E-state index contributed by atoms with van der Waals surface area (Å²) < 4.78 is 0. The number of anilines is 2. The summed E-state index contributed by atoms with van der Waals surface area (Å²) in [4.78, 5) is 16.4. The van der Waals surface area contributed by atoms with E-state index in [1.807, 2.05) is 73.7 Å². The molecule has 0 spiro atoms. The average molecular weight is 331 g/mol. The maximum absolute atomic E-state index is 12.1. The summed E-state index contributed by atoms with van der Waals surface area (Å²) in [5.74, 6) is -0.0157. The molecule has 4 heteroatoms. The van der Waals surface area contributed by atoms with Gasteiger partial charge in [-0.1, -0.05) is 35.9 Å². The van der Waals surface area contributed by atoms with Crippen LogP contribution < -0.4 is 10.6 Å². The highest BCUT2D eigenvalue weighted by molar-refractivity contribution is 5.92. The lowest BCUT2D eigenvalue weighted by molar-refractivity contribution is -0.115. The number of carbonyl (C=O) groups is 1. The molecule has 0 saturated carbocycles. The van der Waals surface area contributed by atoms with Gasteiger partial charge in [0.15, 0.2) is 0 Å². The standard InChI is InChI=1S/C21H21N3O/c1-16-5-7-17(8-6-16)14-21(25)24-19-11-9-18(10-12-19)23-15-20-4-2-3-13-22-20/h2-13,23H,14-15H2,1H3,(H,24,25). The Kier molecular flexibility index (Phi) is 5.42. The molecule has 0 aliphatic rings. The highest BCUT2D eigenvalue weighted by atomic mass is 16.1. The largest absolute Gasteiger partial charge is 0.379 e. The molecule has 0 bridgehead atoms. The number of amides is 1. The molecule has 1 aromatic heterocycles. The normalized spacial score (nSPS) is 10.3. The summed E-state index contributed by atoms with van der Waals surface area (Å²) >= 11 is 0. The number of hydrogen-bond acceptors (Lipinski definition) is 3. The summed E-state index contributed by atoms with van der Waals surface area (Å²) in [6, 6.07) is 21.5. The Morgan fingerprint density at radius 2 is 1.64 bits per heavy atom. The Morgan fingerprint density at radius 3 is 2.32 bits per heavy atom. The lowest BCUT2D eigenvalue weighted by atomic mass is 10.1. The third-order valence-corrected chi connectivity index (χ3v) is 3.85. The van der Waals surface area contributed by atoms with Gasteiger partial charge in [-0.2, -0.15) is 0 Å². The van der Waals surface area contributed by atoms with E-state index in [1.165, 1.54) is 5.56 Å². The Bertz CT molecular complexity index is 812. The number of nitrogens with zero attached hydrogens (tertiary/aromatic N) is 1. The first kappa shape index (κ1) is 16.7. The summed E-state index contributed by atoms with van der Waals surface area (Å²) in [5, 5.41) is 6.24. The van der Waals surface area contributed by atoms with Gasteiger partial charge in [0.25, 0.3) is 0 Å². The van der Waals surface area contributed by atoms with Crippen LogP contribution in [0, 0.1) is 6.92 Å². The SMILES string of the molecule is Cc1ccc(CC(=O)Nc2ccc(NCc3ccccn3)cc2)cc1. The first-order valence-electron chi connectivity index (χ1n) is 8.28. The van der Waals surface area contributed by atoms with Crippen molar-refractivity contribution in [1.29, 1.82) is 0 Å². The smallest absolute Gasteiger partial charge is 0.228 e. The Labute approximate surface area is 147 Å². The van der Waals surface area contributed by atoms with Gasteiger partial charge < -0.3 is 10.6 Å². The highest BCUT2D eigenvalue weighted by Crippen LogP contribution is 2.15. The van der Waals surface area contributed by atoms with Crippen LogP contribution >= 0.6 is 0 Å². The fraction of sp³-hybridized carbons (Fsp3) is 0.143.